The molecule has 0 bridgehead atoms. The van der Waals surface area contributed by atoms with Crippen LogP contribution in [0.1, 0.15) is 32.6 Å². The van der Waals surface area contributed by atoms with Gasteiger partial charge < -0.3 is 4.90 Å². The van der Waals surface area contributed by atoms with E-state index in [1.165, 1.54) is 18.6 Å². The molecule has 1 amide bonds. The van der Waals surface area contributed by atoms with Crippen LogP contribution in [0, 0.1) is 5.82 Å². The zero-order valence-electron chi connectivity index (χ0n) is 11.3. The Morgan fingerprint density at radius 3 is 2.79 bits per heavy atom. The van der Waals surface area contributed by atoms with E-state index < -0.39 is 0 Å². The third-order valence-corrected chi connectivity index (χ3v) is 4.54. The number of likely N-dealkylation sites (tertiary alicyclic amines) is 1. The Morgan fingerprint density at radius 2 is 2.11 bits per heavy atom. The Balaban J connectivity index is 1.75. The van der Waals surface area contributed by atoms with Crippen molar-refractivity contribution in [3.05, 3.63) is 30.1 Å². The first-order valence-electron chi connectivity index (χ1n) is 6.84. The predicted molar refractivity (Wildman–Crippen MR) is 76.8 cm³/mol. The summed E-state index contributed by atoms with van der Waals surface area (Å²) < 4.78 is 12.8. The number of amides is 1. The van der Waals surface area contributed by atoms with Gasteiger partial charge in [-0.05, 0) is 50.5 Å². The number of thioether (sulfide) groups is 1. The minimum Gasteiger partial charge on any atom is -0.340 e. The first-order valence-corrected chi connectivity index (χ1v) is 7.83. The Hall–Kier alpha value is -1.03. The summed E-state index contributed by atoms with van der Waals surface area (Å²) in [5.74, 6) is 0.789. The molecule has 1 unspecified atom stereocenters. The number of hydrogen-bond acceptors (Lipinski definition) is 2. The quantitative estimate of drug-likeness (QED) is 0.784. The summed E-state index contributed by atoms with van der Waals surface area (Å²) in [6.45, 7) is 3.03. The number of piperidine rings is 1. The van der Waals surface area contributed by atoms with Crippen LogP contribution in [0.25, 0.3) is 0 Å². The number of halogens is 1. The fourth-order valence-corrected chi connectivity index (χ4v) is 3.24. The third kappa shape index (κ3) is 4.23. The molecule has 0 saturated carbocycles. The van der Waals surface area contributed by atoms with Crippen molar-refractivity contribution in [3.8, 4) is 0 Å². The van der Waals surface area contributed by atoms with Crippen LogP contribution in [0.15, 0.2) is 29.2 Å². The minimum atomic E-state index is -0.220. The largest absolute Gasteiger partial charge is 0.340 e. The lowest BCUT2D eigenvalue weighted by atomic mass is 10.0. The molecular weight excluding hydrogens is 261 g/mol. The highest BCUT2D eigenvalue weighted by atomic mass is 32.2. The minimum absolute atomic E-state index is 0.220. The van der Waals surface area contributed by atoms with Gasteiger partial charge in [0.1, 0.15) is 5.82 Å². The maximum atomic E-state index is 12.8. The molecule has 0 aliphatic carbocycles. The van der Waals surface area contributed by atoms with Crippen LogP contribution >= 0.6 is 11.8 Å². The molecule has 1 fully saturated rings. The molecule has 1 aliphatic heterocycles. The van der Waals surface area contributed by atoms with Crippen molar-refractivity contribution in [1.29, 1.82) is 0 Å². The lowest BCUT2D eigenvalue weighted by Crippen LogP contribution is -2.42. The molecule has 1 atom stereocenters. The van der Waals surface area contributed by atoms with E-state index in [-0.39, 0.29) is 11.7 Å². The molecule has 0 radical (unpaired) electrons. The Bertz CT molecular complexity index is 421. The van der Waals surface area contributed by atoms with Crippen molar-refractivity contribution in [3.63, 3.8) is 0 Å². The molecule has 19 heavy (non-hydrogen) atoms. The zero-order valence-corrected chi connectivity index (χ0v) is 12.1. The molecule has 104 valence electrons. The average molecular weight is 281 g/mol. The highest BCUT2D eigenvalue weighted by molar-refractivity contribution is 7.99. The Morgan fingerprint density at radius 1 is 1.37 bits per heavy atom. The summed E-state index contributed by atoms with van der Waals surface area (Å²) in [4.78, 5) is 15.1. The van der Waals surface area contributed by atoms with Gasteiger partial charge in [0.2, 0.25) is 5.91 Å². The molecule has 1 aliphatic rings. The summed E-state index contributed by atoms with van der Waals surface area (Å²) in [7, 11) is 0. The number of carbonyl (C=O) groups is 1. The van der Waals surface area contributed by atoms with E-state index in [1.807, 2.05) is 4.90 Å². The number of benzene rings is 1. The van der Waals surface area contributed by atoms with Crippen molar-refractivity contribution in [2.45, 2.75) is 43.5 Å². The van der Waals surface area contributed by atoms with Gasteiger partial charge in [-0.15, -0.1) is 11.8 Å². The monoisotopic (exact) mass is 281 g/mol. The van der Waals surface area contributed by atoms with Crippen LogP contribution in [0.4, 0.5) is 4.39 Å². The number of carbonyl (C=O) groups excluding carboxylic acids is 1. The molecule has 0 aromatic heterocycles. The average Bonchev–Trinajstić information content (AvgIpc) is 2.41. The van der Waals surface area contributed by atoms with Gasteiger partial charge in [-0.2, -0.15) is 0 Å². The fourth-order valence-electron chi connectivity index (χ4n) is 2.40. The second kappa shape index (κ2) is 6.94. The van der Waals surface area contributed by atoms with E-state index >= 15 is 0 Å². The maximum Gasteiger partial charge on any atom is 0.223 e. The normalized spacial score (nSPS) is 19.5. The molecule has 1 aromatic rings. The number of nitrogens with zero attached hydrogens (tertiary/aromatic N) is 1. The van der Waals surface area contributed by atoms with Gasteiger partial charge in [-0.25, -0.2) is 4.39 Å². The second-order valence-electron chi connectivity index (χ2n) is 4.98. The van der Waals surface area contributed by atoms with E-state index in [9.17, 15) is 9.18 Å². The summed E-state index contributed by atoms with van der Waals surface area (Å²) in [6, 6.07) is 6.81. The van der Waals surface area contributed by atoms with E-state index in [0.717, 1.165) is 30.0 Å². The molecule has 1 saturated heterocycles. The highest BCUT2D eigenvalue weighted by Crippen LogP contribution is 2.21. The van der Waals surface area contributed by atoms with Crippen molar-refractivity contribution < 1.29 is 9.18 Å². The Labute approximate surface area is 118 Å². The Kier molecular flexibility index (Phi) is 5.25. The lowest BCUT2D eigenvalue weighted by Gasteiger charge is -2.33. The molecule has 1 aromatic carbocycles. The standard InChI is InChI=1S/C15H20FNOS/c1-12-4-2-3-10-17(12)15(18)9-11-19-14-7-5-13(16)6-8-14/h5-8,12H,2-4,9-11H2,1H3. The van der Waals surface area contributed by atoms with Gasteiger partial charge in [0.05, 0.1) is 0 Å². The second-order valence-corrected chi connectivity index (χ2v) is 6.15. The third-order valence-electron chi connectivity index (χ3n) is 3.52. The van der Waals surface area contributed by atoms with Crippen LogP contribution in [0.3, 0.4) is 0 Å². The molecule has 2 rings (SSSR count). The van der Waals surface area contributed by atoms with E-state index in [1.54, 1.807) is 23.9 Å². The maximum absolute atomic E-state index is 12.8. The number of rotatable bonds is 4. The summed E-state index contributed by atoms with van der Waals surface area (Å²) in [6.07, 6.45) is 4.04. The van der Waals surface area contributed by atoms with Gasteiger partial charge in [-0.1, -0.05) is 0 Å². The van der Waals surface area contributed by atoms with Crippen molar-refractivity contribution in [2.24, 2.45) is 0 Å². The van der Waals surface area contributed by atoms with Crippen LogP contribution in [-0.2, 0) is 4.79 Å². The zero-order chi connectivity index (χ0) is 13.7. The molecule has 4 heteroatoms. The lowest BCUT2D eigenvalue weighted by molar-refractivity contribution is -0.133. The van der Waals surface area contributed by atoms with E-state index in [4.69, 9.17) is 0 Å². The smallest absolute Gasteiger partial charge is 0.223 e. The van der Waals surface area contributed by atoms with Gasteiger partial charge >= 0.3 is 0 Å². The van der Waals surface area contributed by atoms with Crippen LogP contribution in [-0.4, -0.2) is 29.1 Å². The van der Waals surface area contributed by atoms with Crippen LogP contribution < -0.4 is 0 Å². The molecule has 0 spiro atoms. The van der Waals surface area contributed by atoms with Gasteiger partial charge in [0.25, 0.3) is 0 Å². The molecular formula is C15H20FNOS. The van der Waals surface area contributed by atoms with Crippen molar-refractivity contribution in [2.75, 3.05) is 12.3 Å². The topological polar surface area (TPSA) is 20.3 Å². The fraction of sp³-hybridized carbons (Fsp3) is 0.533. The molecule has 0 N–H and O–H groups in total. The van der Waals surface area contributed by atoms with Crippen LogP contribution in [0.2, 0.25) is 0 Å². The predicted octanol–water partition coefficient (Wildman–Crippen LogP) is 3.71. The summed E-state index contributed by atoms with van der Waals surface area (Å²) in [5, 5.41) is 0. The van der Waals surface area contributed by atoms with Crippen molar-refractivity contribution >= 4 is 17.7 Å². The van der Waals surface area contributed by atoms with Crippen LogP contribution in [0.5, 0.6) is 0 Å². The van der Waals surface area contributed by atoms with E-state index in [0.29, 0.717) is 12.5 Å². The summed E-state index contributed by atoms with van der Waals surface area (Å²) in [5.41, 5.74) is 0. The first-order chi connectivity index (χ1) is 9.16. The van der Waals surface area contributed by atoms with Gasteiger partial charge in [-0.3, -0.25) is 4.79 Å². The van der Waals surface area contributed by atoms with Gasteiger partial charge in [0.15, 0.2) is 0 Å². The summed E-state index contributed by atoms with van der Waals surface area (Å²) >= 11 is 1.61. The first kappa shape index (κ1) is 14.4. The SMILES string of the molecule is CC1CCCCN1C(=O)CCSc1ccc(F)cc1. The van der Waals surface area contributed by atoms with Gasteiger partial charge in [0, 0.05) is 29.7 Å². The highest BCUT2D eigenvalue weighted by Gasteiger charge is 2.22. The van der Waals surface area contributed by atoms with Crippen molar-refractivity contribution in [1.82, 2.24) is 4.90 Å². The van der Waals surface area contributed by atoms with E-state index in [2.05, 4.69) is 6.92 Å². The molecule has 1 heterocycles. The number of hydrogen-bond donors (Lipinski definition) is 0. The molecule has 2 nitrogen and oxygen atoms in total.